The number of nitrogens with one attached hydrogen (secondary N) is 2. The highest BCUT2D eigenvalue weighted by atomic mass is 32.2. The lowest BCUT2D eigenvalue weighted by atomic mass is 10.1. The molecule has 4 nitrogen and oxygen atoms in total. The molecule has 0 saturated heterocycles. The van der Waals surface area contributed by atoms with Crippen molar-refractivity contribution in [3.05, 3.63) is 46.8 Å². The smallest absolute Gasteiger partial charge is 0.254 e. The minimum absolute atomic E-state index is 0.122. The van der Waals surface area contributed by atoms with E-state index in [9.17, 15) is 9.59 Å². The van der Waals surface area contributed by atoms with Crippen LogP contribution in [-0.4, -0.2) is 24.6 Å². The van der Waals surface area contributed by atoms with Gasteiger partial charge in [0, 0.05) is 11.9 Å². The van der Waals surface area contributed by atoms with Crippen molar-refractivity contribution >= 4 is 39.9 Å². The van der Waals surface area contributed by atoms with Crippen molar-refractivity contribution in [2.75, 3.05) is 18.1 Å². The summed E-state index contributed by atoms with van der Waals surface area (Å²) in [6.45, 7) is 2.11. The first-order valence-electron chi connectivity index (χ1n) is 6.95. The Morgan fingerprint density at radius 3 is 2.55 bits per heavy atom. The molecule has 2 amide bonds. The quantitative estimate of drug-likeness (QED) is 0.796. The number of hydrogen-bond donors (Lipinski definition) is 2. The summed E-state index contributed by atoms with van der Waals surface area (Å²) in [5, 5.41) is 7.74. The van der Waals surface area contributed by atoms with Crippen LogP contribution in [0.1, 0.15) is 22.8 Å². The Kier molecular flexibility index (Phi) is 6.03. The molecule has 0 radical (unpaired) electrons. The molecular formula is C16H18N2O2S2. The molecule has 1 heterocycles. The Hall–Kier alpha value is -1.79. The van der Waals surface area contributed by atoms with E-state index in [0.717, 1.165) is 11.3 Å². The summed E-state index contributed by atoms with van der Waals surface area (Å²) < 4.78 is 0. The van der Waals surface area contributed by atoms with Crippen molar-refractivity contribution in [3.8, 4) is 0 Å². The highest BCUT2D eigenvalue weighted by Gasteiger charge is 2.14. The number of carbonyl (C=O) groups is 2. The Morgan fingerprint density at radius 1 is 1.18 bits per heavy atom. The van der Waals surface area contributed by atoms with Gasteiger partial charge in [-0.25, -0.2) is 0 Å². The minimum atomic E-state index is -0.197. The van der Waals surface area contributed by atoms with Crippen molar-refractivity contribution in [1.82, 2.24) is 5.32 Å². The molecule has 0 aliphatic heterocycles. The van der Waals surface area contributed by atoms with Gasteiger partial charge in [-0.05, 0) is 34.9 Å². The maximum Gasteiger partial charge on any atom is 0.254 e. The van der Waals surface area contributed by atoms with Gasteiger partial charge in [0.05, 0.1) is 12.0 Å². The molecule has 0 saturated carbocycles. The number of anilines is 1. The van der Waals surface area contributed by atoms with E-state index < -0.39 is 0 Å². The van der Waals surface area contributed by atoms with Gasteiger partial charge < -0.3 is 10.6 Å². The molecule has 0 aliphatic rings. The molecule has 6 heteroatoms. The fraction of sp³-hybridized carbons (Fsp3) is 0.250. The lowest BCUT2D eigenvalue weighted by Gasteiger charge is -2.06. The third kappa shape index (κ3) is 4.35. The molecule has 1 aromatic heterocycles. The molecule has 0 aliphatic carbocycles. The van der Waals surface area contributed by atoms with E-state index in [0.29, 0.717) is 17.0 Å². The molecule has 0 fully saturated rings. The fourth-order valence-electron chi connectivity index (χ4n) is 1.95. The van der Waals surface area contributed by atoms with Gasteiger partial charge in [0.2, 0.25) is 5.91 Å². The van der Waals surface area contributed by atoms with Crippen molar-refractivity contribution in [1.29, 1.82) is 0 Å². The summed E-state index contributed by atoms with van der Waals surface area (Å²) in [5.41, 5.74) is 1.45. The summed E-state index contributed by atoms with van der Waals surface area (Å²) in [5.74, 6) is 0.710. The molecule has 1 aromatic carbocycles. The van der Waals surface area contributed by atoms with Crippen LogP contribution in [0.5, 0.6) is 0 Å². The number of rotatable bonds is 6. The van der Waals surface area contributed by atoms with E-state index in [1.165, 1.54) is 16.2 Å². The Balaban J connectivity index is 1.98. The van der Waals surface area contributed by atoms with Crippen LogP contribution in [0.25, 0.3) is 0 Å². The second-order valence-corrected chi connectivity index (χ2v) is 6.80. The highest BCUT2D eigenvalue weighted by Crippen LogP contribution is 2.23. The van der Waals surface area contributed by atoms with Gasteiger partial charge in [0.1, 0.15) is 5.00 Å². The largest absolute Gasteiger partial charge is 0.355 e. The first kappa shape index (κ1) is 16.6. The summed E-state index contributed by atoms with van der Waals surface area (Å²) in [6, 6.07) is 9.68. The topological polar surface area (TPSA) is 58.2 Å². The standard InChI is InChI=1S/C16H18N2O2S2/c1-3-21-12-6-4-11(5-7-12)10-14(19)18-16-13(8-9-22-16)15(20)17-2/h4-9H,3,10H2,1-2H3,(H,17,20)(H,18,19). The first-order chi connectivity index (χ1) is 10.6. The zero-order valence-electron chi connectivity index (χ0n) is 12.5. The van der Waals surface area contributed by atoms with Gasteiger partial charge in [-0.3, -0.25) is 9.59 Å². The average Bonchev–Trinajstić information content (AvgIpc) is 2.96. The average molecular weight is 334 g/mol. The number of amides is 2. The second-order valence-electron chi connectivity index (χ2n) is 4.54. The predicted molar refractivity (Wildman–Crippen MR) is 92.9 cm³/mol. The highest BCUT2D eigenvalue weighted by molar-refractivity contribution is 7.99. The molecule has 116 valence electrons. The molecule has 2 aromatic rings. The molecule has 2 N–H and O–H groups in total. The maximum absolute atomic E-state index is 12.1. The molecule has 0 bridgehead atoms. The number of hydrogen-bond acceptors (Lipinski definition) is 4. The molecule has 2 rings (SSSR count). The van der Waals surface area contributed by atoms with Crippen molar-refractivity contribution in [2.45, 2.75) is 18.2 Å². The Bertz CT molecular complexity index is 650. The van der Waals surface area contributed by atoms with Gasteiger partial charge in [0.25, 0.3) is 5.91 Å². The summed E-state index contributed by atoms with van der Waals surface area (Å²) >= 11 is 3.12. The lowest BCUT2D eigenvalue weighted by molar-refractivity contribution is -0.115. The Morgan fingerprint density at radius 2 is 1.91 bits per heavy atom. The number of thiophene rings is 1. The van der Waals surface area contributed by atoms with Gasteiger partial charge in [-0.15, -0.1) is 23.1 Å². The SMILES string of the molecule is CCSc1ccc(CC(=O)Nc2sccc2C(=O)NC)cc1. The van der Waals surface area contributed by atoms with E-state index in [4.69, 9.17) is 0 Å². The van der Waals surface area contributed by atoms with Crippen LogP contribution in [0.3, 0.4) is 0 Å². The summed E-state index contributed by atoms with van der Waals surface area (Å²) in [6.07, 6.45) is 0.294. The van der Waals surface area contributed by atoms with Gasteiger partial charge in [-0.2, -0.15) is 0 Å². The molecule has 0 spiro atoms. The van der Waals surface area contributed by atoms with Crippen LogP contribution < -0.4 is 10.6 Å². The van der Waals surface area contributed by atoms with Crippen LogP contribution in [0, 0.1) is 0 Å². The van der Waals surface area contributed by atoms with Crippen LogP contribution in [0.4, 0.5) is 5.00 Å². The Labute approximate surface area is 138 Å². The van der Waals surface area contributed by atoms with E-state index in [2.05, 4.69) is 17.6 Å². The van der Waals surface area contributed by atoms with E-state index in [1.54, 1.807) is 30.3 Å². The number of benzene rings is 1. The van der Waals surface area contributed by atoms with Gasteiger partial charge in [0.15, 0.2) is 0 Å². The van der Waals surface area contributed by atoms with Crippen molar-refractivity contribution in [3.63, 3.8) is 0 Å². The number of thioether (sulfide) groups is 1. The molecular weight excluding hydrogens is 316 g/mol. The predicted octanol–water partition coefficient (Wildman–Crippen LogP) is 3.40. The van der Waals surface area contributed by atoms with E-state index in [1.807, 2.05) is 24.3 Å². The monoisotopic (exact) mass is 334 g/mol. The zero-order valence-corrected chi connectivity index (χ0v) is 14.1. The van der Waals surface area contributed by atoms with E-state index in [-0.39, 0.29) is 11.8 Å². The molecule has 0 atom stereocenters. The van der Waals surface area contributed by atoms with Crippen molar-refractivity contribution < 1.29 is 9.59 Å². The third-order valence-corrected chi connectivity index (χ3v) is 4.71. The van der Waals surface area contributed by atoms with E-state index >= 15 is 0 Å². The lowest BCUT2D eigenvalue weighted by Crippen LogP contribution is -2.20. The fourth-order valence-corrected chi connectivity index (χ4v) is 3.41. The summed E-state index contributed by atoms with van der Waals surface area (Å²) in [7, 11) is 1.57. The van der Waals surface area contributed by atoms with Crippen LogP contribution >= 0.6 is 23.1 Å². The molecule has 22 heavy (non-hydrogen) atoms. The van der Waals surface area contributed by atoms with Crippen molar-refractivity contribution in [2.24, 2.45) is 0 Å². The normalized spacial score (nSPS) is 10.3. The molecule has 0 unspecified atom stereocenters. The maximum atomic E-state index is 12.1. The van der Waals surface area contributed by atoms with Gasteiger partial charge >= 0.3 is 0 Å². The number of carbonyl (C=O) groups excluding carboxylic acids is 2. The zero-order chi connectivity index (χ0) is 15.9. The van der Waals surface area contributed by atoms with Crippen LogP contribution in [0.2, 0.25) is 0 Å². The summed E-state index contributed by atoms with van der Waals surface area (Å²) in [4.78, 5) is 25.0. The van der Waals surface area contributed by atoms with Gasteiger partial charge in [-0.1, -0.05) is 19.1 Å². The second kappa shape index (κ2) is 8.00. The van der Waals surface area contributed by atoms with Crippen LogP contribution in [0.15, 0.2) is 40.6 Å². The third-order valence-electron chi connectivity index (χ3n) is 2.99. The van der Waals surface area contributed by atoms with Crippen LogP contribution in [-0.2, 0) is 11.2 Å². The first-order valence-corrected chi connectivity index (χ1v) is 8.81. The minimum Gasteiger partial charge on any atom is -0.355 e.